The molecule has 1 aromatic carbocycles. The van der Waals surface area contributed by atoms with Crippen molar-refractivity contribution in [3.05, 3.63) is 33.9 Å². The quantitative estimate of drug-likeness (QED) is 0.514. The highest BCUT2D eigenvalue weighted by atomic mass is 19.1. The Balaban J connectivity index is 2.82. The summed E-state index contributed by atoms with van der Waals surface area (Å²) in [6, 6.07) is 0.833. The molecule has 0 aliphatic carbocycles. The van der Waals surface area contributed by atoms with Crippen LogP contribution in [0.4, 0.5) is 20.2 Å². The second-order valence-electron chi connectivity index (χ2n) is 3.57. The first-order valence-corrected chi connectivity index (χ1v) is 5.25. The van der Waals surface area contributed by atoms with Crippen molar-refractivity contribution in [3.8, 4) is 0 Å². The van der Waals surface area contributed by atoms with Crippen LogP contribution in [0.1, 0.15) is 0 Å². The Labute approximate surface area is 111 Å². The number of halogens is 2. The maximum absolute atomic E-state index is 13.3. The lowest BCUT2D eigenvalue weighted by atomic mass is 10.2. The van der Waals surface area contributed by atoms with Crippen molar-refractivity contribution in [3.63, 3.8) is 0 Å². The van der Waals surface area contributed by atoms with Gasteiger partial charge in [0.2, 0.25) is 17.6 Å². The summed E-state index contributed by atoms with van der Waals surface area (Å²) in [5.41, 5.74) is 3.44. The summed E-state index contributed by atoms with van der Waals surface area (Å²) < 4.78 is 26.4. The van der Waals surface area contributed by atoms with Gasteiger partial charge in [0.05, 0.1) is 23.7 Å². The van der Waals surface area contributed by atoms with E-state index < -0.39 is 46.3 Å². The van der Waals surface area contributed by atoms with Gasteiger partial charge in [0, 0.05) is 12.1 Å². The molecule has 0 unspecified atom stereocenters. The van der Waals surface area contributed by atoms with E-state index in [9.17, 15) is 28.5 Å². The minimum atomic E-state index is -1.36. The minimum Gasteiger partial charge on any atom is -0.346 e. The predicted octanol–water partition coefficient (Wildman–Crippen LogP) is -0.114. The van der Waals surface area contributed by atoms with Crippen LogP contribution in [0.3, 0.4) is 0 Å². The molecule has 0 saturated carbocycles. The fourth-order valence-electron chi connectivity index (χ4n) is 1.22. The molecule has 4 N–H and O–H groups in total. The third-order valence-corrected chi connectivity index (χ3v) is 2.14. The maximum atomic E-state index is 13.3. The van der Waals surface area contributed by atoms with Crippen molar-refractivity contribution in [1.29, 1.82) is 0 Å². The number of amides is 2. The molecule has 0 aliphatic rings. The molecule has 20 heavy (non-hydrogen) atoms. The van der Waals surface area contributed by atoms with Crippen LogP contribution in [0.2, 0.25) is 0 Å². The van der Waals surface area contributed by atoms with Crippen molar-refractivity contribution in [1.82, 2.24) is 5.32 Å². The summed E-state index contributed by atoms with van der Waals surface area (Å²) >= 11 is 0. The molecule has 8 nitrogen and oxygen atoms in total. The molecule has 0 heterocycles. The molecule has 0 saturated heterocycles. The number of hydrogen-bond donors (Lipinski definition) is 3. The van der Waals surface area contributed by atoms with Crippen molar-refractivity contribution in [2.45, 2.75) is 0 Å². The van der Waals surface area contributed by atoms with Gasteiger partial charge in [-0.05, 0) is 0 Å². The second kappa shape index (κ2) is 6.52. The van der Waals surface area contributed by atoms with E-state index in [4.69, 9.17) is 5.73 Å². The number of nitro benzene ring substituents is 1. The first-order valence-electron chi connectivity index (χ1n) is 5.25. The molecule has 0 atom stereocenters. The number of nitro groups is 1. The average Bonchev–Trinajstić information content (AvgIpc) is 2.38. The Morgan fingerprint density at radius 1 is 1.25 bits per heavy atom. The zero-order valence-corrected chi connectivity index (χ0v) is 9.98. The molecular weight excluding hydrogens is 278 g/mol. The normalized spacial score (nSPS) is 9.95. The van der Waals surface area contributed by atoms with Crippen LogP contribution in [-0.4, -0.2) is 29.8 Å². The summed E-state index contributed by atoms with van der Waals surface area (Å²) in [4.78, 5) is 31.6. The van der Waals surface area contributed by atoms with E-state index in [1.165, 1.54) is 0 Å². The number of anilines is 1. The maximum Gasteiger partial charge on any atom is 0.307 e. The van der Waals surface area contributed by atoms with Crippen LogP contribution >= 0.6 is 0 Å². The monoisotopic (exact) mass is 288 g/mol. The first-order chi connectivity index (χ1) is 9.35. The largest absolute Gasteiger partial charge is 0.346 e. The van der Waals surface area contributed by atoms with E-state index in [0.29, 0.717) is 6.07 Å². The number of nitrogens with one attached hydrogen (secondary N) is 2. The summed E-state index contributed by atoms with van der Waals surface area (Å²) in [5, 5.41) is 14.6. The summed E-state index contributed by atoms with van der Waals surface area (Å²) in [5.74, 6) is -3.98. The number of benzene rings is 1. The van der Waals surface area contributed by atoms with E-state index in [1.807, 2.05) is 5.32 Å². The van der Waals surface area contributed by atoms with Crippen molar-refractivity contribution < 1.29 is 23.3 Å². The summed E-state index contributed by atoms with van der Waals surface area (Å²) in [6.45, 7) is -0.829. The van der Waals surface area contributed by atoms with Gasteiger partial charge in [-0.3, -0.25) is 19.7 Å². The van der Waals surface area contributed by atoms with E-state index in [-0.39, 0.29) is 12.6 Å². The minimum absolute atomic E-state index is 0.284. The Kier molecular flexibility index (Phi) is 5.03. The molecule has 0 spiro atoms. The van der Waals surface area contributed by atoms with E-state index in [2.05, 4.69) is 5.32 Å². The first kappa shape index (κ1) is 15.4. The van der Waals surface area contributed by atoms with Gasteiger partial charge in [0.15, 0.2) is 0 Å². The van der Waals surface area contributed by atoms with Gasteiger partial charge in [-0.25, -0.2) is 4.39 Å². The Morgan fingerprint density at radius 3 is 2.45 bits per heavy atom. The molecule has 108 valence electrons. The van der Waals surface area contributed by atoms with Gasteiger partial charge in [-0.1, -0.05) is 0 Å². The smallest absolute Gasteiger partial charge is 0.307 e. The SMILES string of the molecule is NCC(=O)NCC(=O)Nc1cc([N+](=O)[O-])c(F)cc1F. The second-order valence-corrected chi connectivity index (χ2v) is 3.57. The van der Waals surface area contributed by atoms with E-state index >= 15 is 0 Å². The van der Waals surface area contributed by atoms with E-state index in [0.717, 1.165) is 0 Å². The highest BCUT2D eigenvalue weighted by molar-refractivity contribution is 5.95. The summed E-state index contributed by atoms with van der Waals surface area (Å²) in [6.07, 6.45) is 0. The van der Waals surface area contributed by atoms with Crippen molar-refractivity contribution in [2.24, 2.45) is 5.73 Å². The molecule has 0 aliphatic heterocycles. The number of carbonyl (C=O) groups is 2. The number of nitrogens with two attached hydrogens (primary N) is 1. The number of carbonyl (C=O) groups excluding carboxylic acids is 2. The fraction of sp³-hybridized carbons (Fsp3) is 0.200. The Bertz CT molecular complexity index is 564. The molecule has 10 heteroatoms. The lowest BCUT2D eigenvalue weighted by molar-refractivity contribution is -0.387. The van der Waals surface area contributed by atoms with Crippen LogP contribution in [-0.2, 0) is 9.59 Å². The van der Waals surface area contributed by atoms with Gasteiger partial charge < -0.3 is 16.4 Å². The molecule has 1 rings (SSSR count). The number of nitrogens with zero attached hydrogens (tertiary/aromatic N) is 1. The average molecular weight is 288 g/mol. The lowest BCUT2D eigenvalue weighted by Gasteiger charge is -2.07. The highest BCUT2D eigenvalue weighted by Crippen LogP contribution is 2.24. The molecule has 1 aromatic rings. The van der Waals surface area contributed by atoms with Crippen LogP contribution in [0.25, 0.3) is 0 Å². The molecule has 0 radical (unpaired) electrons. The molecule has 0 fully saturated rings. The van der Waals surface area contributed by atoms with Crippen LogP contribution < -0.4 is 16.4 Å². The van der Waals surface area contributed by atoms with Gasteiger partial charge in [-0.15, -0.1) is 0 Å². The third kappa shape index (κ3) is 3.95. The fourth-order valence-corrected chi connectivity index (χ4v) is 1.22. The molecule has 0 bridgehead atoms. The van der Waals surface area contributed by atoms with Crippen LogP contribution in [0.15, 0.2) is 12.1 Å². The molecule has 2 amide bonds. The topological polar surface area (TPSA) is 127 Å². The van der Waals surface area contributed by atoms with Crippen LogP contribution in [0.5, 0.6) is 0 Å². The molecular formula is C10H10F2N4O4. The van der Waals surface area contributed by atoms with Gasteiger partial charge in [-0.2, -0.15) is 4.39 Å². The third-order valence-electron chi connectivity index (χ3n) is 2.14. The van der Waals surface area contributed by atoms with Gasteiger partial charge in [0.25, 0.3) is 0 Å². The predicted molar refractivity (Wildman–Crippen MR) is 63.7 cm³/mol. The van der Waals surface area contributed by atoms with E-state index in [1.54, 1.807) is 0 Å². The number of rotatable bonds is 5. The zero-order valence-electron chi connectivity index (χ0n) is 9.98. The van der Waals surface area contributed by atoms with Crippen molar-refractivity contribution in [2.75, 3.05) is 18.4 Å². The molecule has 0 aromatic heterocycles. The standard InChI is InChI=1S/C10H10F2N4O4/c11-5-1-6(12)8(16(19)20)2-7(5)15-10(18)4-14-9(17)3-13/h1-2H,3-4,13H2,(H,14,17)(H,15,18). The van der Waals surface area contributed by atoms with Gasteiger partial charge in [0.1, 0.15) is 5.82 Å². The Morgan fingerprint density at radius 2 is 1.90 bits per heavy atom. The Hall–Kier alpha value is -2.62. The van der Waals surface area contributed by atoms with Crippen LogP contribution in [0, 0.1) is 21.7 Å². The zero-order chi connectivity index (χ0) is 15.3. The van der Waals surface area contributed by atoms with Gasteiger partial charge >= 0.3 is 5.69 Å². The highest BCUT2D eigenvalue weighted by Gasteiger charge is 2.19. The summed E-state index contributed by atoms with van der Waals surface area (Å²) in [7, 11) is 0. The lowest BCUT2D eigenvalue weighted by Crippen LogP contribution is -2.36. The van der Waals surface area contributed by atoms with Crippen molar-refractivity contribution >= 4 is 23.2 Å². The number of hydrogen-bond acceptors (Lipinski definition) is 5.